The summed E-state index contributed by atoms with van der Waals surface area (Å²) in [7, 11) is 0. The third-order valence-electron chi connectivity index (χ3n) is 3.78. The maximum atomic E-state index is 8.91. The molecule has 0 atom stereocenters. The van der Waals surface area contributed by atoms with Crippen LogP contribution in [0.1, 0.15) is 22.3 Å². The fourth-order valence-electron chi connectivity index (χ4n) is 2.83. The number of rotatable bonds is 8. The Morgan fingerprint density at radius 2 is 0.960 bits per heavy atom. The molecule has 0 aliphatic heterocycles. The van der Waals surface area contributed by atoms with Crippen molar-refractivity contribution >= 4 is 0 Å². The summed E-state index contributed by atoms with van der Waals surface area (Å²) in [6.07, 6.45) is 0. The van der Waals surface area contributed by atoms with Gasteiger partial charge in [0.05, 0.1) is 13.2 Å². The molecule has 2 N–H and O–H groups in total. The largest absolute Gasteiger partial charge is 0.491 e. The van der Waals surface area contributed by atoms with Crippen LogP contribution in [-0.4, -0.2) is 36.6 Å². The Kier molecular flexibility index (Phi) is 6.67. The summed E-state index contributed by atoms with van der Waals surface area (Å²) in [6.45, 7) is 8.33. The van der Waals surface area contributed by atoms with Crippen molar-refractivity contribution in [2.75, 3.05) is 26.4 Å². The Morgan fingerprint density at radius 1 is 0.640 bits per heavy atom. The van der Waals surface area contributed by atoms with E-state index in [0.29, 0.717) is 0 Å². The summed E-state index contributed by atoms with van der Waals surface area (Å²) in [4.78, 5) is 0. The van der Waals surface area contributed by atoms with Crippen LogP contribution in [0.5, 0.6) is 23.0 Å². The predicted octanol–water partition coefficient (Wildman–Crippen LogP) is 3.45. The van der Waals surface area contributed by atoms with Crippen LogP contribution in [-0.2, 0) is 0 Å². The molecule has 0 radical (unpaired) electrons. The van der Waals surface area contributed by atoms with Crippen molar-refractivity contribution < 1.29 is 24.4 Å². The highest BCUT2D eigenvalue weighted by Crippen LogP contribution is 2.34. The Hall–Kier alpha value is -2.24. The van der Waals surface area contributed by atoms with Gasteiger partial charge in [0.2, 0.25) is 0 Å². The van der Waals surface area contributed by atoms with E-state index in [1.807, 2.05) is 52.0 Å². The van der Waals surface area contributed by atoms with Gasteiger partial charge < -0.3 is 24.4 Å². The van der Waals surface area contributed by atoms with Crippen molar-refractivity contribution in [3.8, 4) is 23.0 Å². The molecule has 0 aliphatic rings. The minimum atomic E-state index is -0.0135. The molecule has 5 heteroatoms. The van der Waals surface area contributed by atoms with Crippen LogP contribution in [0.4, 0.5) is 0 Å². The predicted molar refractivity (Wildman–Crippen MR) is 97.1 cm³/mol. The molecular formula is C20H26O5. The quantitative estimate of drug-likeness (QED) is 0.766. The molecule has 5 nitrogen and oxygen atoms in total. The zero-order valence-corrected chi connectivity index (χ0v) is 15.3. The van der Waals surface area contributed by atoms with Crippen LogP contribution >= 0.6 is 0 Å². The first kappa shape index (κ1) is 19.1. The van der Waals surface area contributed by atoms with Crippen molar-refractivity contribution in [1.82, 2.24) is 0 Å². The summed E-state index contributed by atoms with van der Waals surface area (Å²) in [5, 5.41) is 17.8. The van der Waals surface area contributed by atoms with E-state index in [1.165, 1.54) is 0 Å². The average Bonchev–Trinajstić information content (AvgIpc) is 2.53. The lowest BCUT2D eigenvalue weighted by Gasteiger charge is -2.16. The van der Waals surface area contributed by atoms with E-state index in [-0.39, 0.29) is 26.4 Å². The summed E-state index contributed by atoms with van der Waals surface area (Å²) in [5.74, 6) is 3.02. The van der Waals surface area contributed by atoms with E-state index in [9.17, 15) is 0 Å². The summed E-state index contributed by atoms with van der Waals surface area (Å²) in [5.41, 5.74) is 3.83. The number of hydrogen-bond acceptors (Lipinski definition) is 5. The maximum Gasteiger partial charge on any atom is 0.128 e. The molecule has 2 aromatic rings. The number of hydrogen-bond donors (Lipinski definition) is 2. The minimum Gasteiger partial charge on any atom is -0.491 e. The molecule has 0 saturated heterocycles. The van der Waals surface area contributed by atoms with E-state index >= 15 is 0 Å². The third kappa shape index (κ3) is 4.87. The van der Waals surface area contributed by atoms with Crippen LogP contribution in [0.3, 0.4) is 0 Å². The van der Waals surface area contributed by atoms with Crippen molar-refractivity contribution in [2.24, 2.45) is 0 Å². The molecular weight excluding hydrogens is 320 g/mol. The molecule has 2 aromatic carbocycles. The Bertz CT molecular complexity index is 617. The molecule has 2 rings (SSSR count). The minimum absolute atomic E-state index is 0.0135. The Labute approximate surface area is 148 Å². The van der Waals surface area contributed by atoms with Gasteiger partial charge in [0.25, 0.3) is 0 Å². The van der Waals surface area contributed by atoms with Gasteiger partial charge in [-0.25, -0.2) is 0 Å². The lowest BCUT2D eigenvalue weighted by Crippen LogP contribution is -2.05. The highest BCUT2D eigenvalue weighted by molar-refractivity contribution is 5.50. The van der Waals surface area contributed by atoms with Crippen LogP contribution < -0.4 is 14.2 Å². The summed E-state index contributed by atoms with van der Waals surface area (Å²) < 4.78 is 17.2. The second-order valence-electron chi connectivity index (χ2n) is 6.02. The molecule has 0 saturated carbocycles. The van der Waals surface area contributed by atoms with Crippen molar-refractivity contribution in [3.05, 3.63) is 46.5 Å². The smallest absolute Gasteiger partial charge is 0.128 e. The standard InChI is InChI=1S/C20H26O5/c1-13-9-17(10-14(2)19(13)23-7-5-21)25-18-11-15(3)20(16(4)12-18)24-8-6-22/h9-12,21-22H,5-8H2,1-4H3. The molecule has 0 unspecified atom stereocenters. The van der Waals surface area contributed by atoms with E-state index in [0.717, 1.165) is 45.3 Å². The summed E-state index contributed by atoms with van der Waals surface area (Å²) >= 11 is 0. The highest BCUT2D eigenvalue weighted by atomic mass is 16.5. The SMILES string of the molecule is Cc1cc(Oc2cc(C)c(OCCO)c(C)c2)cc(C)c1OCCO. The van der Waals surface area contributed by atoms with Gasteiger partial charge in [0, 0.05) is 0 Å². The Balaban J connectivity index is 2.22. The molecule has 0 bridgehead atoms. The number of aryl methyl sites for hydroxylation is 4. The Morgan fingerprint density at radius 3 is 1.24 bits per heavy atom. The van der Waals surface area contributed by atoms with Crippen molar-refractivity contribution in [3.63, 3.8) is 0 Å². The van der Waals surface area contributed by atoms with E-state index in [2.05, 4.69) is 0 Å². The van der Waals surface area contributed by atoms with E-state index < -0.39 is 0 Å². The maximum absolute atomic E-state index is 8.91. The lowest BCUT2D eigenvalue weighted by molar-refractivity contribution is 0.199. The van der Waals surface area contributed by atoms with Crippen LogP contribution in [0.2, 0.25) is 0 Å². The number of aliphatic hydroxyl groups excluding tert-OH is 2. The molecule has 0 aliphatic carbocycles. The zero-order valence-electron chi connectivity index (χ0n) is 15.3. The fraction of sp³-hybridized carbons (Fsp3) is 0.400. The molecule has 0 spiro atoms. The molecule has 0 heterocycles. The molecule has 0 amide bonds. The number of benzene rings is 2. The monoisotopic (exact) mass is 346 g/mol. The summed E-state index contributed by atoms with van der Waals surface area (Å²) in [6, 6.07) is 7.67. The van der Waals surface area contributed by atoms with Gasteiger partial charge in [-0.1, -0.05) is 0 Å². The molecule has 0 fully saturated rings. The topological polar surface area (TPSA) is 68.2 Å². The van der Waals surface area contributed by atoms with Gasteiger partial charge in [-0.3, -0.25) is 0 Å². The van der Waals surface area contributed by atoms with E-state index in [4.69, 9.17) is 24.4 Å². The highest BCUT2D eigenvalue weighted by Gasteiger charge is 2.11. The number of ether oxygens (including phenoxy) is 3. The van der Waals surface area contributed by atoms with Gasteiger partial charge in [0.15, 0.2) is 0 Å². The van der Waals surface area contributed by atoms with Gasteiger partial charge in [-0.05, 0) is 74.2 Å². The van der Waals surface area contributed by atoms with Gasteiger partial charge >= 0.3 is 0 Å². The van der Waals surface area contributed by atoms with E-state index in [1.54, 1.807) is 0 Å². The molecule has 0 aromatic heterocycles. The first-order valence-electron chi connectivity index (χ1n) is 8.34. The van der Waals surface area contributed by atoms with Crippen molar-refractivity contribution in [1.29, 1.82) is 0 Å². The van der Waals surface area contributed by atoms with Crippen LogP contribution in [0.15, 0.2) is 24.3 Å². The second kappa shape index (κ2) is 8.74. The van der Waals surface area contributed by atoms with Gasteiger partial charge in [0.1, 0.15) is 36.2 Å². The second-order valence-corrected chi connectivity index (χ2v) is 6.02. The lowest BCUT2D eigenvalue weighted by atomic mass is 10.1. The third-order valence-corrected chi connectivity index (χ3v) is 3.78. The fourth-order valence-corrected chi connectivity index (χ4v) is 2.83. The van der Waals surface area contributed by atoms with Gasteiger partial charge in [-0.2, -0.15) is 0 Å². The van der Waals surface area contributed by atoms with Crippen LogP contribution in [0.25, 0.3) is 0 Å². The first-order chi connectivity index (χ1) is 12.0. The zero-order chi connectivity index (χ0) is 18.4. The normalized spacial score (nSPS) is 10.6. The first-order valence-corrected chi connectivity index (χ1v) is 8.34. The van der Waals surface area contributed by atoms with Gasteiger partial charge in [-0.15, -0.1) is 0 Å². The van der Waals surface area contributed by atoms with Crippen molar-refractivity contribution in [2.45, 2.75) is 27.7 Å². The molecule has 25 heavy (non-hydrogen) atoms. The van der Waals surface area contributed by atoms with Crippen LogP contribution in [0, 0.1) is 27.7 Å². The average molecular weight is 346 g/mol. The molecule has 136 valence electrons. The number of aliphatic hydroxyl groups is 2.